The number of amides is 3. The second kappa shape index (κ2) is 4.01. The summed E-state index contributed by atoms with van der Waals surface area (Å²) in [7, 11) is 0. The monoisotopic (exact) mass is 247 g/mol. The zero-order chi connectivity index (χ0) is 13.5. The van der Waals surface area contributed by atoms with Crippen molar-refractivity contribution < 1.29 is 9.59 Å². The lowest BCUT2D eigenvalue weighted by atomic mass is 9.87. The molecule has 1 aromatic rings. The summed E-state index contributed by atoms with van der Waals surface area (Å²) in [6.45, 7) is 5.75. The van der Waals surface area contributed by atoms with Gasteiger partial charge in [0.25, 0.3) is 5.91 Å². The summed E-state index contributed by atoms with van der Waals surface area (Å²) in [5.74, 6) is -0.238. The van der Waals surface area contributed by atoms with Crippen molar-refractivity contribution >= 4 is 23.3 Å². The lowest BCUT2D eigenvalue weighted by Gasteiger charge is -2.24. The van der Waals surface area contributed by atoms with Crippen LogP contribution in [-0.2, 0) is 4.79 Å². The van der Waals surface area contributed by atoms with Gasteiger partial charge in [0, 0.05) is 5.69 Å². The van der Waals surface area contributed by atoms with E-state index < -0.39 is 12.1 Å². The molecule has 1 aliphatic rings. The van der Waals surface area contributed by atoms with E-state index >= 15 is 0 Å². The molecule has 1 heterocycles. The van der Waals surface area contributed by atoms with E-state index in [1.165, 1.54) is 0 Å². The number of hydrogen-bond donors (Lipinski definition) is 2. The molecular formula is C13H17N3O2. The summed E-state index contributed by atoms with van der Waals surface area (Å²) in [6.07, 6.45) is 0. The number of carbonyl (C=O) groups is 2. The van der Waals surface area contributed by atoms with Crippen LogP contribution in [0.1, 0.15) is 20.8 Å². The van der Waals surface area contributed by atoms with E-state index in [2.05, 4.69) is 5.32 Å². The normalized spacial score (nSPS) is 20.2. The second-order valence-corrected chi connectivity index (χ2v) is 5.52. The zero-order valence-corrected chi connectivity index (χ0v) is 10.7. The standard InChI is InChI=1S/C13H17N3O2/c1-13(2,3)10-11(17)16(12(18)15-10)9-6-4-5-8(14)7-9/h4-7,10H,14H2,1-3H3,(H,15,18)/t10-/m0/s1. The predicted octanol–water partition coefficient (Wildman–Crippen LogP) is 1.74. The molecule has 0 bridgehead atoms. The van der Waals surface area contributed by atoms with E-state index in [0.717, 1.165) is 4.90 Å². The first-order valence-corrected chi connectivity index (χ1v) is 5.81. The van der Waals surface area contributed by atoms with E-state index in [1.807, 2.05) is 20.8 Å². The summed E-state index contributed by atoms with van der Waals surface area (Å²) in [5.41, 5.74) is 6.37. The first-order valence-electron chi connectivity index (χ1n) is 5.81. The van der Waals surface area contributed by atoms with Crippen molar-refractivity contribution in [3.05, 3.63) is 24.3 Å². The summed E-state index contributed by atoms with van der Waals surface area (Å²) in [4.78, 5) is 25.3. The van der Waals surface area contributed by atoms with Gasteiger partial charge in [0.05, 0.1) is 5.69 Å². The predicted molar refractivity (Wildman–Crippen MR) is 70.1 cm³/mol. The van der Waals surface area contributed by atoms with E-state index in [0.29, 0.717) is 11.4 Å². The van der Waals surface area contributed by atoms with Crippen molar-refractivity contribution in [2.45, 2.75) is 26.8 Å². The van der Waals surface area contributed by atoms with E-state index in [-0.39, 0.29) is 11.3 Å². The van der Waals surface area contributed by atoms with E-state index in [4.69, 9.17) is 5.73 Å². The molecule has 5 heteroatoms. The van der Waals surface area contributed by atoms with Crippen LogP contribution in [0.5, 0.6) is 0 Å². The Morgan fingerprint density at radius 2 is 1.94 bits per heavy atom. The molecule has 0 unspecified atom stereocenters. The van der Waals surface area contributed by atoms with Gasteiger partial charge in [0.1, 0.15) is 6.04 Å². The Morgan fingerprint density at radius 3 is 2.44 bits per heavy atom. The van der Waals surface area contributed by atoms with Crippen molar-refractivity contribution in [1.29, 1.82) is 0 Å². The van der Waals surface area contributed by atoms with Crippen molar-refractivity contribution in [3.63, 3.8) is 0 Å². The van der Waals surface area contributed by atoms with Gasteiger partial charge in [-0.25, -0.2) is 9.69 Å². The Morgan fingerprint density at radius 1 is 1.28 bits per heavy atom. The highest BCUT2D eigenvalue weighted by molar-refractivity contribution is 6.21. The number of anilines is 2. The van der Waals surface area contributed by atoms with Crippen molar-refractivity contribution in [2.75, 3.05) is 10.6 Å². The summed E-state index contributed by atoms with van der Waals surface area (Å²) < 4.78 is 0. The molecule has 5 nitrogen and oxygen atoms in total. The molecule has 1 saturated heterocycles. The van der Waals surface area contributed by atoms with E-state index in [9.17, 15) is 9.59 Å². The SMILES string of the molecule is CC(C)(C)[C@H]1NC(=O)N(c2cccc(N)c2)C1=O. The minimum Gasteiger partial charge on any atom is -0.399 e. The maximum Gasteiger partial charge on any atom is 0.329 e. The number of nitrogens with two attached hydrogens (primary N) is 1. The van der Waals surface area contributed by atoms with Gasteiger partial charge in [-0.3, -0.25) is 4.79 Å². The van der Waals surface area contributed by atoms with Crippen LogP contribution in [0.4, 0.5) is 16.2 Å². The molecule has 3 N–H and O–H groups in total. The zero-order valence-electron chi connectivity index (χ0n) is 10.7. The minimum absolute atomic E-state index is 0.238. The summed E-state index contributed by atoms with van der Waals surface area (Å²) in [5, 5.41) is 2.71. The van der Waals surface area contributed by atoms with Gasteiger partial charge < -0.3 is 11.1 Å². The molecule has 0 spiro atoms. The largest absolute Gasteiger partial charge is 0.399 e. The lowest BCUT2D eigenvalue weighted by molar-refractivity contribution is -0.120. The van der Waals surface area contributed by atoms with Crippen LogP contribution in [0.2, 0.25) is 0 Å². The number of carbonyl (C=O) groups excluding carboxylic acids is 2. The number of nitrogen functional groups attached to an aromatic ring is 1. The van der Waals surface area contributed by atoms with Crippen molar-refractivity contribution in [1.82, 2.24) is 5.32 Å². The maximum absolute atomic E-state index is 12.3. The van der Waals surface area contributed by atoms with Gasteiger partial charge in [0.2, 0.25) is 0 Å². The van der Waals surface area contributed by atoms with Gasteiger partial charge in [-0.05, 0) is 23.6 Å². The molecular weight excluding hydrogens is 230 g/mol. The van der Waals surface area contributed by atoms with Crippen LogP contribution in [0.25, 0.3) is 0 Å². The molecule has 1 atom stereocenters. The molecule has 0 saturated carbocycles. The molecule has 1 aliphatic heterocycles. The van der Waals surface area contributed by atoms with Crippen LogP contribution in [0.15, 0.2) is 24.3 Å². The Hall–Kier alpha value is -2.04. The Bertz CT molecular complexity index is 505. The molecule has 96 valence electrons. The molecule has 1 fully saturated rings. The fourth-order valence-electron chi connectivity index (χ4n) is 1.97. The highest BCUT2D eigenvalue weighted by Crippen LogP contribution is 2.29. The number of urea groups is 1. The smallest absolute Gasteiger partial charge is 0.329 e. The van der Waals surface area contributed by atoms with Crippen LogP contribution in [0, 0.1) is 5.41 Å². The van der Waals surface area contributed by atoms with Crippen molar-refractivity contribution in [2.24, 2.45) is 5.41 Å². The second-order valence-electron chi connectivity index (χ2n) is 5.52. The number of hydrogen-bond acceptors (Lipinski definition) is 3. The fourth-order valence-corrected chi connectivity index (χ4v) is 1.97. The highest BCUT2D eigenvalue weighted by atomic mass is 16.2. The Balaban J connectivity index is 2.36. The van der Waals surface area contributed by atoms with Gasteiger partial charge >= 0.3 is 6.03 Å². The van der Waals surface area contributed by atoms with Gasteiger partial charge in [0.15, 0.2) is 0 Å². The summed E-state index contributed by atoms with van der Waals surface area (Å²) in [6, 6.07) is 5.83. The average molecular weight is 247 g/mol. The first kappa shape index (κ1) is 12.4. The number of benzene rings is 1. The molecule has 0 aromatic heterocycles. The topological polar surface area (TPSA) is 75.4 Å². The first-order chi connectivity index (χ1) is 8.30. The molecule has 3 amide bonds. The molecule has 0 aliphatic carbocycles. The molecule has 0 radical (unpaired) electrons. The van der Waals surface area contributed by atoms with Crippen molar-refractivity contribution in [3.8, 4) is 0 Å². The third-order valence-electron chi connectivity index (χ3n) is 2.93. The number of nitrogens with one attached hydrogen (secondary N) is 1. The van der Waals surface area contributed by atoms with Crippen LogP contribution in [-0.4, -0.2) is 18.0 Å². The van der Waals surface area contributed by atoms with Gasteiger partial charge in [-0.2, -0.15) is 0 Å². The maximum atomic E-state index is 12.3. The third-order valence-corrected chi connectivity index (χ3v) is 2.93. The Kier molecular flexibility index (Phi) is 2.77. The fraction of sp³-hybridized carbons (Fsp3) is 0.385. The minimum atomic E-state index is -0.508. The number of imide groups is 1. The van der Waals surface area contributed by atoms with E-state index in [1.54, 1.807) is 24.3 Å². The Labute approximate surface area is 106 Å². The number of nitrogens with zero attached hydrogens (tertiary/aromatic N) is 1. The lowest BCUT2D eigenvalue weighted by Crippen LogP contribution is -2.41. The average Bonchev–Trinajstić information content (AvgIpc) is 2.54. The third kappa shape index (κ3) is 2.03. The van der Waals surface area contributed by atoms with Gasteiger partial charge in [-0.1, -0.05) is 26.8 Å². The molecule has 1 aromatic carbocycles. The molecule has 18 heavy (non-hydrogen) atoms. The highest BCUT2D eigenvalue weighted by Gasteiger charge is 2.44. The van der Waals surface area contributed by atoms with Crippen LogP contribution < -0.4 is 16.0 Å². The van der Waals surface area contributed by atoms with Gasteiger partial charge in [-0.15, -0.1) is 0 Å². The summed E-state index contributed by atoms with van der Waals surface area (Å²) >= 11 is 0. The van der Waals surface area contributed by atoms with Crippen LogP contribution >= 0.6 is 0 Å². The number of rotatable bonds is 1. The molecule has 2 rings (SSSR count). The quantitative estimate of drug-likeness (QED) is 0.586. The van der Waals surface area contributed by atoms with Crippen LogP contribution in [0.3, 0.4) is 0 Å².